The second-order valence-electron chi connectivity index (χ2n) is 5.26. The Kier molecular flexibility index (Phi) is 6.56. The molecule has 0 saturated carbocycles. The molecule has 2 rings (SSSR count). The highest BCUT2D eigenvalue weighted by Crippen LogP contribution is 2.15. The maximum atomic E-state index is 12.1. The van der Waals surface area contributed by atoms with Crippen molar-refractivity contribution in [2.24, 2.45) is 5.10 Å². The molecule has 1 atom stereocenters. The highest BCUT2D eigenvalue weighted by molar-refractivity contribution is 9.10. The number of amides is 2. The third kappa shape index (κ3) is 5.21. The van der Waals surface area contributed by atoms with Gasteiger partial charge in [0.05, 0.1) is 16.7 Å². The molecule has 134 valence electrons. The van der Waals surface area contributed by atoms with Crippen LogP contribution in [0.2, 0.25) is 0 Å². The highest BCUT2D eigenvalue weighted by atomic mass is 79.9. The number of carbonyl (C=O) groups excluding carboxylic acids is 2. The van der Waals surface area contributed by atoms with Crippen molar-refractivity contribution in [1.82, 2.24) is 10.7 Å². The van der Waals surface area contributed by atoms with Crippen molar-refractivity contribution in [2.45, 2.75) is 13.0 Å². The van der Waals surface area contributed by atoms with E-state index in [0.717, 1.165) is 0 Å². The predicted octanol–water partition coefficient (Wildman–Crippen LogP) is 2.63. The maximum absolute atomic E-state index is 12.1. The van der Waals surface area contributed by atoms with E-state index in [1.54, 1.807) is 24.3 Å². The van der Waals surface area contributed by atoms with Gasteiger partial charge in [-0.05, 0) is 52.7 Å². The third-order valence-electron chi connectivity index (χ3n) is 3.35. The van der Waals surface area contributed by atoms with Crippen molar-refractivity contribution < 1.29 is 14.5 Å². The van der Waals surface area contributed by atoms with Crippen LogP contribution in [0.25, 0.3) is 0 Å². The molecule has 1 unspecified atom stereocenters. The minimum Gasteiger partial charge on any atom is -0.340 e. The topological polar surface area (TPSA) is 114 Å². The van der Waals surface area contributed by atoms with E-state index in [4.69, 9.17) is 0 Å². The lowest BCUT2D eigenvalue weighted by Crippen LogP contribution is -2.43. The maximum Gasteiger partial charge on any atom is 0.269 e. The lowest BCUT2D eigenvalue weighted by atomic mass is 10.2. The Morgan fingerprint density at radius 1 is 1.19 bits per heavy atom. The Balaban J connectivity index is 1.89. The number of rotatable bonds is 6. The number of benzene rings is 2. The third-order valence-corrected chi connectivity index (χ3v) is 4.04. The lowest BCUT2D eigenvalue weighted by Gasteiger charge is -2.12. The summed E-state index contributed by atoms with van der Waals surface area (Å²) >= 11 is 3.28. The number of hydrogen-bond acceptors (Lipinski definition) is 5. The molecule has 2 amide bonds. The molecule has 0 radical (unpaired) electrons. The Morgan fingerprint density at radius 3 is 2.46 bits per heavy atom. The van der Waals surface area contributed by atoms with E-state index in [0.29, 0.717) is 15.6 Å². The fourth-order valence-electron chi connectivity index (χ4n) is 1.93. The zero-order valence-corrected chi connectivity index (χ0v) is 15.3. The molecule has 0 aliphatic heterocycles. The van der Waals surface area contributed by atoms with E-state index >= 15 is 0 Å². The van der Waals surface area contributed by atoms with Crippen LogP contribution in [-0.2, 0) is 4.79 Å². The summed E-state index contributed by atoms with van der Waals surface area (Å²) in [4.78, 5) is 34.2. The standard InChI is InChI=1S/C17H15BrN4O4/c1-11(20-17(24)14-4-2-3-5-15(14)18)16(23)21-19-10-12-6-8-13(9-7-12)22(25)26/h2-11H,1H3,(H,20,24)(H,21,23). The molecule has 0 aromatic heterocycles. The van der Waals surface area contributed by atoms with Crippen LogP contribution in [0, 0.1) is 10.1 Å². The van der Waals surface area contributed by atoms with Crippen LogP contribution in [-0.4, -0.2) is 29.0 Å². The first-order chi connectivity index (χ1) is 12.4. The molecule has 0 saturated heterocycles. The van der Waals surface area contributed by atoms with Crippen molar-refractivity contribution in [1.29, 1.82) is 0 Å². The molecular formula is C17H15BrN4O4. The number of nitro benzene ring substituents is 1. The van der Waals surface area contributed by atoms with Crippen molar-refractivity contribution in [3.63, 3.8) is 0 Å². The molecule has 9 heteroatoms. The van der Waals surface area contributed by atoms with Crippen molar-refractivity contribution in [3.8, 4) is 0 Å². The number of hydrazone groups is 1. The molecule has 26 heavy (non-hydrogen) atoms. The van der Waals surface area contributed by atoms with Gasteiger partial charge in [0.1, 0.15) is 6.04 Å². The van der Waals surface area contributed by atoms with Gasteiger partial charge in [-0.1, -0.05) is 12.1 Å². The van der Waals surface area contributed by atoms with Crippen molar-refractivity contribution in [3.05, 3.63) is 74.2 Å². The highest BCUT2D eigenvalue weighted by Gasteiger charge is 2.17. The number of hydrogen-bond donors (Lipinski definition) is 2. The summed E-state index contributed by atoms with van der Waals surface area (Å²) in [6.45, 7) is 1.53. The molecular weight excluding hydrogens is 404 g/mol. The smallest absolute Gasteiger partial charge is 0.269 e. The summed E-state index contributed by atoms with van der Waals surface area (Å²) in [6.07, 6.45) is 1.35. The Hall–Kier alpha value is -3.07. The molecule has 2 aromatic carbocycles. The summed E-state index contributed by atoms with van der Waals surface area (Å²) in [6, 6.07) is 11.8. The van der Waals surface area contributed by atoms with Gasteiger partial charge in [-0.2, -0.15) is 5.10 Å². The SMILES string of the molecule is CC(NC(=O)c1ccccc1Br)C(=O)NN=Cc1ccc([N+](=O)[O-])cc1. The first kappa shape index (κ1) is 19.3. The Bertz CT molecular complexity index is 852. The summed E-state index contributed by atoms with van der Waals surface area (Å²) in [7, 11) is 0. The van der Waals surface area contributed by atoms with Crippen molar-refractivity contribution in [2.75, 3.05) is 0 Å². The van der Waals surface area contributed by atoms with Gasteiger partial charge in [0.25, 0.3) is 17.5 Å². The molecule has 0 fully saturated rings. The van der Waals surface area contributed by atoms with Gasteiger partial charge in [-0.3, -0.25) is 19.7 Å². The van der Waals surface area contributed by atoms with Crippen LogP contribution in [0.3, 0.4) is 0 Å². The minimum atomic E-state index is -0.802. The van der Waals surface area contributed by atoms with Gasteiger partial charge in [0.2, 0.25) is 0 Å². The van der Waals surface area contributed by atoms with Crippen LogP contribution in [0.15, 0.2) is 58.1 Å². The van der Waals surface area contributed by atoms with Crippen LogP contribution in [0.1, 0.15) is 22.8 Å². The summed E-state index contributed by atoms with van der Waals surface area (Å²) < 4.78 is 0.626. The van der Waals surface area contributed by atoms with Crippen molar-refractivity contribution >= 4 is 39.6 Å². The lowest BCUT2D eigenvalue weighted by molar-refractivity contribution is -0.384. The molecule has 0 heterocycles. The van der Waals surface area contributed by atoms with E-state index in [1.807, 2.05) is 0 Å². The van der Waals surface area contributed by atoms with E-state index in [1.165, 1.54) is 37.4 Å². The average molecular weight is 419 g/mol. The van der Waals surface area contributed by atoms with Crippen LogP contribution >= 0.6 is 15.9 Å². The normalized spacial score (nSPS) is 11.8. The summed E-state index contributed by atoms with van der Waals surface area (Å²) in [5.74, 6) is -0.886. The molecule has 8 nitrogen and oxygen atoms in total. The van der Waals surface area contributed by atoms with Gasteiger partial charge < -0.3 is 5.32 Å². The second-order valence-corrected chi connectivity index (χ2v) is 6.11. The number of nitrogens with zero attached hydrogens (tertiary/aromatic N) is 2. The monoisotopic (exact) mass is 418 g/mol. The number of non-ortho nitro benzene ring substituents is 1. The fourth-order valence-corrected chi connectivity index (χ4v) is 2.40. The number of nitrogens with one attached hydrogen (secondary N) is 2. The molecule has 2 N–H and O–H groups in total. The predicted molar refractivity (Wildman–Crippen MR) is 99.9 cm³/mol. The van der Waals surface area contributed by atoms with Crippen LogP contribution in [0.4, 0.5) is 5.69 Å². The number of nitro groups is 1. The van der Waals surface area contributed by atoms with Crippen LogP contribution < -0.4 is 10.7 Å². The van der Waals surface area contributed by atoms with Gasteiger partial charge in [0, 0.05) is 16.6 Å². The molecule has 2 aromatic rings. The fraction of sp³-hybridized carbons (Fsp3) is 0.118. The molecule has 0 bridgehead atoms. The summed E-state index contributed by atoms with van der Waals surface area (Å²) in [5.41, 5.74) is 3.28. The molecule has 0 aliphatic rings. The summed E-state index contributed by atoms with van der Waals surface area (Å²) in [5, 5.41) is 16.9. The van der Waals surface area contributed by atoms with Crippen LogP contribution in [0.5, 0.6) is 0 Å². The molecule has 0 spiro atoms. The first-order valence-electron chi connectivity index (χ1n) is 7.51. The second kappa shape index (κ2) is 8.86. The van der Waals surface area contributed by atoms with Gasteiger partial charge in [-0.25, -0.2) is 5.43 Å². The zero-order chi connectivity index (χ0) is 19.1. The minimum absolute atomic E-state index is 0.0328. The number of halogens is 1. The van der Waals surface area contributed by atoms with E-state index < -0.39 is 16.9 Å². The van der Waals surface area contributed by atoms with E-state index in [2.05, 4.69) is 31.8 Å². The largest absolute Gasteiger partial charge is 0.340 e. The van der Waals surface area contributed by atoms with Gasteiger partial charge >= 0.3 is 0 Å². The Morgan fingerprint density at radius 2 is 1.85 bits per heavy atom. The van der Waals surface area contributed by atoms with Gasteiger partial charge in [-0.15, -0.1) is 0 Å². The van der Waals surface area contributed by atoms with E-state index in [9.17, 15) is 19.7 Å². The molecule has 0 aliphatic carbocycles. The zero-order valence-electron chi connectivity index (χ0n) is 13.7. The quantitative estimate of drug-likeness (QED) is 0.426. The number of carbonyl (C=O) groups is 2. The Labute approximate surface area is 157 Å². The van der Waals surface area contributed by atoms with E-state index in [-0.39, 0.29) is 11.6 Å². The average Bonchev–Trinajstić information content (AvgIpc) is 2.62. The first-order valence-corrected chi connectivity index (χ1v) is 8.30. The van der Waals surface area contributed by atoms with Gasteiger partial charge in [0.15, 0.2) is 0 Å².